The van der Waals surface area contributed by atoms with E-state index in [9.17, 15) is 0 Å². The van der Waals surface area contributed by atoms with E-state index in [-0.39, 0.29) is 6.04 Å². The largest absolute Gasteiger partial charge is 0.318 e. The minimum absolute atomic E-state index is 0.169. The molecule has 0 radical (unpaired) electrons. The summed E-state index contributed by atoms with van der Waals surface area (Å²) in [5, 5.41) is 5.01. The van der Waals surface area contributed by atoms with Crippen LogP contribution in [-0.4, -0.2) is 15.5 Å². The first-order valence-corrected chi connectivity index (χ1v) is 9.21. The van der Waals surface area contributed by atoms with Crippen molar-refractivity contribution in [3.63, 3.8) is 0 Å². The molecule has 20 heavy (non-hydrogen) atoms. The molecule has 0 amide bonds. The normalized spacial score (nSPS) is 16.1. The summed E-state index contributed by atoms with van der Waals surface area (Å²) in [7, 11) is 0. The lowest BCUT2D eigenvalue weighted by Gasteiger charge is -2.13. The molecule has 3 rings (SSSR count). The second kappa shape index (κ2) is 6.10. The van der Waals surface area contributed by atoms with E-state index >= 15 is 0 Å². The summed E-state index contributed by atoms with van der Waals surface area (Å²) in [4.78, 5) is 2.70. The molecular weight excluding hydrogens is 310 g/mol. The molecule has 1 aliphatic rings. The number of rotatable bonds is 4. The van der Waals surface area contributed by atoms with E-state index in [0.717, 1.165) is 24.4 Å². The van der Waals surface area contributed by atoms with E-state index in [1.54, 1.807) is 6.20 Å². The van der Waals surface area contributed by atoms with Gasteiger partial charge in [0.05, 0.1) is 23.0 Å². The summed E-state index contributed by atoms with van der Waals surface area (Å²) in [6.45, 7) is 2.99. The molecule has 0 bridgehead atoms. The molecule has 0 aromatic carbocycles. The molecule has 1 atom stereocenters. The molecule has 0 aliphatic carbocycles. The van der Waals surface area contributed by atoms with Crippen LogP contribution in [0.5, 0.6) is 0 Å². The number of hydrogen-bond donors (Lipinski definition) is 1. The van der Waals surface area contributed by atoms with Crippen LogP contribution in [0.1, 0.15) is 40.4 Å². The highest BCUT2D eigenvalue weighted by molar-refractivity contribution is 7.98. The third-order valence-corrected chi connectivity index (χ3v) is 6.14. The molecule has 0 saturated heterocycles. The summed E-state index contributed by atoms with van der Waals surface area (Å²) in [5.41, 5.74) is 8.86. The van der Waals surface area contributed by atoms with Gasteiger partial charge in [-0.25, -0.2) is 0 Å². The highest BCUT2D eigenvalue weighted by Gasteiger charge is 2.22. The highest BCUT2D eigenvalue weighted by atomic mass is 35.5. The smallest absolute Gasteiger partial charge is 0.0837 e. The van der Waals surface area contributed by atoms with Gasteiger partial charge in [0.25, 0.3) is 0 Å². The molecule has 2 aromatic heterocycles. The van der Waals surface area contributed by atoms with Gasteiger partial charge in [0, 0.05) is 22.1 Å². The molecule has 2 N–H and O–H groups in total. The van der Waals surface area contributed by atoms with Crippen molar-refractivity contribution < 1.29 is 0 Å². The van der Waals surface area contributed by atoms with Gasteiger partial charge in [0.2, 0.25) is 0 Å². The average molecular weight is 328 g/mol. The monoisotopic (exact) mass is 327 g/mol. The van der Waals surface area contributed by atoms with Crippen LogP contribution in [-0.2, 0) is 18.7 Å². The standard InChI is InChI=1S/C14H18ClN3S2/c1-2-4-18-14(10(15)7-17-18)13(16)12-6-9-8-19-5-3-11(9)20-12/h6-7,13H,2-5,8,16H2,1H3. The zero-order valence-corrected chi connectivity index (χ0v) is 13.8. The number of aryl methyl sites for hydroxylation is 2. The molecular formula is C14H18ClN3S2. The van der Waals surface area contributed by atoms with E-state index < -0.39 is 0 Å². The number of hydrogen-bond acceptors (Lipinski definition) is 4. The van der Waals surface area contributed by atoms with E-state index in [1.165, 1.54) is 27.5 Å². The van der Waals surface area contributed by atoms with Gasteiger partial charge in [-0.3, -0.25) is 4.68 Å². The summed E-state index contributed by atoms with van der Waals surface area (Å²) in [6, 6.07) is 2.09. The van der Waals surface area contributed by atoms with E-state index in [4.69, 9.17) is 17.3 Å². The Balaban J connectivity index is 1.94. The number of fused-ring (bicyclic) bond motifs is 1. The number of nitrogens with two attached hydrogens (primary N) is 1. The molecule has 1 aliphatic heterocycles. The number of thiophene rings is 1. The van der Waals surface area contributed by atoms with Crippen LogP contribution in [0.3, 0.4) is 0 Å². The van der Waals surface area contributed by atoms with Gasteiger partial charge >= 0.3 is 0 Å². The zero-order chi connectivity index (χ0) is 14.1. The minimum atomic E-state index is -0.169. The van der Waals surface area contributed by atoms with Gasteiger partial charge in [0.15, 0.2) is 0 Å². The average Bonchev–Trinajstić information content (AvgIpc) is 3.02. The first kappa shape index (κ1) is 14.4. The molecule has 0 spiro atoms. The van der Waals surface area contributed by atoms with Crippen molar-refractivity contribution in [2.45, 2.75) is 38.1 Å². The molecule has 108 valence electrons. The fourth-order valence-corrected chi connectivity index (χ4v) is 5.17. The van der Waals surface area contributed by atoms with Crippen LogP contribution in [0.25, 0.3) is 0 Å². The van der Waals surface area contributed by atoms with Crippen molar-refractivity contribution in [3.8, 4) is 0 Å². The number of halogens is 1. The first-order chi connectivity index (χ1) is 9.70. The summed E-state index contributed by atoms with van der Waals surface area (Å²) >= 11 is 10.1. The lowest BCUT2D eigenvalue weighted by atomic mass is 10.1. The number of nitrogens with zero attached hydrogens (tertiary/aromatic N) is 2. The van der Waals surface area contributed by atoms with Crippen LogP contribution < -0.4 is 5.73 Å². The highest BCUT2D eigenvalue weighted by Crippen LogP contribution is 2.37. The quantitative estimate of drug-likeness (QED) is 0.927. The third kappa shape index (κ3) is 2.64. The number of aromatic nitrogens is 2. The maximum absolute atomic E-state index is 6.46. The molecule has 0 saturated carbocycles. The molecule has 6 heteroatoms. The summed E-state index contributed by atoms with van der Waals surface area (Å²) in [5.74, 6) is 2.33. The molecule has 3 nitrogen and oxygen atoms in total. The Morgan fingerprint density at radius 3 is 3.15 bits per heavy atom. The van der Waals surface area contributed by atoms with Gasteiger partial charge in [-0.2, -0.15) is 16.9 Å². The second-order valence-corrected chi connectivity index (χ2v) is 7.66. The Labute approximate surface area is 132 Å². The van der Waals surface area contributed by atoms with Crippen molar-refractivity contribution in [3.05, 3.63) is 38.3 Å². The maximum Gasteiger partial charge on any atom is 0.0837 e. The maximum atomic E-state index is 6.46. The fraction of sp³-hybridized carbons (Fsp3) is 0.500. The van der Waals surface area contributed by atoms with Crippen molar-refractivity contribution in [2.75, 3.05) is 5.75 Å². The Kier molecular flexibility index (Phi) is 4.40. The summed E-state index contributed by atoms with van der Waals surface area (Å²) in [6.07, 6.45) is 3.89. The van der Waals surface area contributed by atoms with Crippen LogP contribution >= 0.6 is 34.7 Å². The first-order valence-electron chi connectivity index (χ1n) is 6.86. The fourth-order valence-electron chi connectivity index (χ4n) is 2.53. The second-order valence-electron chi connectivity index (χ2n) is 4.98. The predicted octanol–water partition coefficient (Wildman–Crippen LogP) is 3.85. The molecule has 3 heterocycles. The number of thioether (sulfide) groups is 1. The SMILES string of the molecule is CCCn1ncc(Cl)c1C(N)c1cc2c(s1)CCSC2. The van der Waals surface area contributed by atoms with E-state index in [0.29, 0.717) is 5.02 Å². The van der Waals surface area contributed by atoms with Gasteiger partial charge in [0.1, 0.15) is 0 Å². The summed E-state index contributed by atoms with van der Waals surface area (Å²) < 4.78 is 1.94. The van der Waals surface area contributed by atoms with Gasteiger partial charge in [-0.1, -0.05) is 18.5 Å². The van der Waals surface area contributed by atoms with Crippen LogP contribution in [0, 0.1) is 0 Å². The van der Waals surface area contributed by atoms with Crippen molar-refractivity contribution in [1.82, 2.24) is 9.78 Å². The Hall–Kier alpha value is -0.490. The van der Waals surface area contributed by atoms with Gasteiger partial charge in [-0.15, -0.1) is 11.3 Å². The van der Waals surface area contributed by atoms with Crippen molar-refractivity contribution in [1.29, 1.82) is 0 Å². The molecule has 1 unspecified atom stereocenters. The van der Waals surface area contributed by atoms with Gasteiger partial charge in [-0.05, 0) is 30.2 Å². The van der Waals surface area contributed by atoms with E-state index in [2.05, 4.69) is 18.1 Å². The predicted molar refractivity (Wildman–Crippen MR) is 87.7 cm³/mol. The minimum Gasteiger partial charge on any atom is -0.318 e. The van der Waals surface area contributed by atoms with Crippen molar-refractivity contribution >= 4 is 34.7 Å². The lowest BCUT2D eigenvalue weighted by molar-refractivity contribution is 0.561. The van der Waals surface area contributed by atoms with Crippen LogP contribution in [0.2, 0.25) is 5.02 Å². The van der Waals surface area contributed by atoms with Crippen LogP contribution in [0.4, 0.5) is 0 Å². The molecule has 0 fully saturated rings. The lowest BCUT2D eigenvalue weighted by Crippen LogP contribution is -2.17. The third-order valence-electron chi connectivity index (χ3n) is 3.52. The topological polar surface area (TPSA) is 43.8 Å². The van der Waals surface area contributed by atoms with Crippen molar-refractivity contribution in [2.24, 2.45) is 5.73 Å². The molecule has 2 aromatic rings. The van der Waals surface area contributed by atoms with Gasteiger partial charge < -0.3 is 5.73 Å². The van der Waals surface area contributed by atoms with Crippen LogP contribution in [0.15, 0.2) is 12.3 Å². The Morgan fingerprint density at radius 1 is 1.55 bits per heavy atom. The zero-order valence-electron chi connectivity index (χ0n) is 11.4. The van der Waals surface area contributed by atoms with E-state index in [1.807, 2.05) is 27.8 Å². The Morgan fingerprint density at radius 2 is 2.40 bits per heavy atom. The Bertz CT molecular complexity index is 582.